The molecule has 0 radical (unpaired) electrons. The summed E-state index contributed by atoms with van der Waals surface area (Å²) in [6, 6.07) is 7.96. The summed E-state index contributed by atoms with van der Waals surface area (Å²) < 4.78 is 34.4. The van der Waals surface area contributed by atoms with Crippen LogP contribution in [0.2, 0.25) is 5.02 Å². The van der Waals surface area contributed by atoms with Gasteiger partial charge in [-0.2, -0.15) is 0 Å². The first kappa shape index (κ1) is 23.3. The highest BCUT2D eigenvalue weighted by atomic mass is 35.5. The van der Waals surface area contributed by atoms with Crippen molar-refractivity contribution in [3.05, 3.63) is 91.3 Å². The van der Waals surface area contributed by atoms with Crippen molar-refractivity contribution in [3.8, 4) is 5.88 Å². The number of hydrogen-bond donors (Lipinski definition) is 2. The number of carbonyl (C=O) groups excluding carboxylic acids is 1. The average molecular weight is 490 g/mol. The fourth-order valence-electron chi connectivity index (χ4n) is 3.37. The van der Waals surface area contributed by atoms with Gasteiger partial charge in [0.15, 0.2) is 5.02 Å². The second-order valence-corrected chi connectivity index (χ2v) is 7.74. The van der Waals surface area contributed by atoms with E-state index >= 15 is 0 Å². The van der Waals surface area contributed by atoms with E-state index in [1.165, 1.54) is 17.0 Å². The number of rotatable bonds is 7. The topological polar surface area (TPSA) is 111 Å². The summed E-state index contributed by atoms with van der Waals surface area (Å²) >= 11 is 6.12. The molecule has 0 atom stereocenters. The van der Waals surface area contributed by atoms with E-state index in [2.05, 4.69) is 15.3 Å². The molecule has 4 aromatic rings. The van der Waals surface area contributed by atoms with Crippen LogP contribution in [0.5, 0.6) is 5.88 Å². The minimum atomic E-state index is -0.795. The van der Waals surface area contributed by atoms with Crippen LogP contribution in [0, 0.1) is 11.6 Å². The highest BCUT2D eigenvalue weighted by Crippen LogP contribution is 2.20. The van der Waals surface area contributed by atoms with E-state index in [0.29, 0.717) is 16.6 Å². The zero-order valence-electron chi connectivity index (χ0n) is 17.8. The molecule has 0 saturated heterocycles. The minimum absolute atomic E-state index is 0.0284. The zero-order valence-corrected chi connectivity index (χ0v) is 18.5. The molecule has 176 valence electrons. The lowest BCUT2D eigenvalue weighted by molar-refractivity contribution is 0.0916. The van der Waals surface area contributed by atoms with Gasteiger partial charge in [-0.1, -0.05) is 17.7 Å². The highest BCUT2D eigenvalue weighted by molar-refractivity contribution is 6.31. The molecule has 2 N–H and O–H groups in total. The first-order valence-corrected chi connectivity index (χ1v) is 10.4. The molecule has 4 rings (SSSR count). The van der Waals surface area contributed by atoms with E-state index in [9.17, 15) is 23.2 Å². The summed E-state index contributed by atoms with van der Waals surface area (Å²) in [5, 5.41) is 2.40. The molecule has 0 aliphatic rings. The van der Waals surface area contributed by atoms with Gasteiger partial charge in [0.1, 0.15) is 24.6 Å². The molecule has 12 heteroatoms. The largest absolute Gasteiger partial charge is 0.471 e. The lowest BCUT2D eigenvalue weighted by atomic mass is 10.2. The normalized spacial score (nSPS) is 11.2. The van der Waals surface area contributed by atoms with Crippen molar-refractivity contribution in [2.24, 2.45) is 0 Å². The van der Waals surface area contributed by atoms with Crippen LogP contribution < -0.4 is 21.3 Å². The van der Waals surface area contributed by atoms with Gasteiger partial charge < -0.3 is 15.0 Å². The van der Waals surface area contributed by atoms with E-state index in [0.717, 1.165) is 16.7 Å². The standard InChI is InChI=1S/C22H18ClF2N5O4/c1-26-8-18(31)30-17-6-12(2-5-16(17)28-22(30)33)9-29-11-27-20(19(23)21(29)32)34-10-13-3-4-14(24)7-15(13)25/h2-7,11,26H,8-10H2,1H3,(H,28,33). The summed E-state index contributed by atoms with van der Waals surface area (Å²) in [6.07, 6.45) is 1.21. The fraction of sp³-hybridized carbons (Fsp3) is 0.182. The number of nitrogens with one attached hydrogen (secondary N) is 2. The quantitative estimate of drug-likeness (QED) is 0.412. The number of nitrogens with zero attached hydrogens (tertiary/aromatic N) is 3. The van der Waals surface area contributed by atoms with Crippen molar-refractivity contribution in [2.75, 3.05) is 13.6 Å². The minimum Gasteiger partial charge on any atom is -0.471 e. The van der Waals surface area contributed by atoms with Crippen LogP contribution in [0.15, 0.2) is 52.3 Å². The Morgan fingerprint density at radius 1 is 1.21 bits per heavy atom. The summed E-state index contributed by atoms with van der Waals surface area (Å²) in [4.78, 5) is 43.8. The van der Waals surface area contributed by atoms with Gasteiger partial charge in [-0.05, 0) is 36.9 Å². The summed E-state index contributed by atoms with van der Waals surface area (Å²) in [7, 11) is 1.59. The van der Waals surface area contributed by atoms with Crippen LogP contribution in [0.3, 0.4) is 0 Å². The molecule has 0 aliphatic carbocycles. The molecule has 0 aliphatic heterocycles. The SMILES string of the molecule is CNCC(=O)n1c(=O)[nH]c2ccc(Cn3cnc(OCc4ccc(F)cc4F)c(Cl)c3=O)cc21. The second-order valence-electron chi connectivity index (χ2n) is 7.36. The molecular weight excluding hydrogens is 472 g/mol. The molecule has 34 heavy (non-hydrogen) atoms. The number of aromatic amines is 1. The predicted molar refractivity (Wildman–Crippen MR) is 120 cm³/mol. The van der Waals surface area contributed by atoms with Crippen LogP contribution in [-0.4, -0.2) is 38.6 Å². The maximum absolute atomic E-state index is 13.8. The first-order valence-electron chi connectivity index (χ1n) is 10.0. The van der Waals surface area contributed by atoms with Crippen LogP contribution in [0.4, 0.5) is 8.78 Å². The lowest BCUT2D eigenvalue weighted by Crippen LogP contribution is -2.31. The van der Waals surface area contributed by atoms with Gasteiger partial charge >= 0.3 is 5.69 Å². The Bertz CT molecular complexity index is 1510. The average Bonchev–Trinajstić information content (AvgIpc) is 3.12. The van der Waals surface area contributed by atoms with Gasteiger partial charge in [0.25, 0.3) is 5.56 Å². The van der Waals surface area contributed by atoms with Gasteiger partial charge in [-0.25, -0.2) is 23.1 Å². The third kappa shape index (κ3) is 4.61. The van der Waals surface area contributed by atoms with E-state index in [1.54, 1.807) is 25.2 Å². The number of imidazole rings is 1. The second kappa shape index (κ2) is 9.57. The summed E-state index contributed by atoms with van der Waals surface area (Å²) in [5.74, 6) is -2.14. The number of likely N-dealkylation sites (N-methyl/N-ethyl adjacent to an activating group) is 1. The summed E-state index contributed by atoms with van der Waals surface area (Å²) in [5.41, 5.74) is 0.355. The first-order chi connectivity index (χ1) is 16.3. The smallest absolute Gasteiger partial charge is 0.333 e. The maximum Gasteiger partial charge on any atom is 0.333 e. The number of fused-ring (bicyclic) bond motifs is 1. The number of H-pyrrole nitrogens is 1. The number of halogens is 3. The Hall–Kier alpha value is -3.83. The van der Waals surface area contributed by atoms with Crippen LogP contribution in [0.25, 0.3) is 11.0 Å². The van der Waals surface area contributed by atoms with E-state index in [-0.39, 0.29) is 36.2 Å². The molecule has 0 fully saturated rings. The molecule has 0 saturated carbocycles. The number of carbonyl (C=O) groups is 1. The zero-order chi connectivity index (χ0) is 24.4. The summed E-state index contributed by atoms with van der Waals surface area (Å²) in [6.45, 7) is -0.280. The van der Waals surface area contributed by atoms with Crippen LogP contribution in [-0.2, 0) is 13.2 Å². The number of benzene rings is 2. The van der Waals surface area contributed by atoms with E-state index < -0.39 is 28.8 Å². The molecule has 2 heterocycles. The third-order valence-corrected chi connectivity index (χ3v) is 5.33. The van der Waals surface area contributed by atoms with E-state index in [1.807, 2.05) is 0 Å². The lowest BCUT2D eigenvalue weighted by Gasteiger charge is -2.11. The maximum atomic E-state index is 13.8. The fourth-order valence-corrected chi connectivity index (χ4v) is 3.58. The van der Waals surface area contributed by atoms with E-state index in [4.69, 9.17) is 16.3 Å². The van der Waals surface area contributed by atoms with Crippen molar-refractivity contribution in [3.63, 3.8) is 0 Å². The van der Waals surface area contributed by atoms with Crippen LogP contribution >= 0.6 is 11.6 Å². The highest BCUT2D eigenvalue weighted by Gasteiger charge is 2.16. The molecule has 0 spiro atoms. The Kier molecular flexibility index (Phi) is 6.57. The third-order valence-electron chi connectivity index (χ3n) is 5.01. The Labute approximate surface area is 195 Å². The molecule has 9 nitrogen and oxygen atoms in total. The molecule has 0 bridgehead atoms. The van der Waals surface area contributed by atoms with Gasteiger partial charge in [0.2, 0.25) is 11.8 Å². The molecular formula is C22H18ClF2N5O4. The Morgan fingerprint density at radius 3 is 2.74 bits per heavy atom. The Morgan fingerprint density at radius 2 is 2.00 bits per heavy atom. The number of aromatic nitrogens is 4. The van der Waals surface area contributed by atoms with Gasteiger partial charge in [-0.3, -0.25) is 14.2 Å². The van der Waals surface area contributed by atoms with Gasteiger partial charge in [0, 0.05) is 11.6 Å². The number of hydrogen-bond acceptors (Lipinski definition) is 6. The van der Waals surface area contributed by atoms with Crippen molar-refractivity contribution >= 4 is 28.5 Å². The Balaban J connectivity index is 1.58. The predicted octanol–water partition coefficient (Wildman–Crippen LogP) is 2.30. The van der Waals surface area contributed by atoms with Crippen molar-refractivity contribution in [1.82, 2.24) is 24.4 Å². The monoisotopic (exact) mass is 489 g/mol. The molecule has 2 aromatic heterocycles. The molecule has 0 amide bonds. The molecule has 2 aromatic carbocycles. The van der Waals surface area contributed by atoms with Crippen molar-refractivity contribution < 1.29 is 18.3 Å². The van der Waals surface area contributed by atoms with Gasteiger partial charge in [0.05, 0.1) is 24.1 Å². The van der Waals surface area contributed by atoms with Crippen molar-refractivity contribution in [2.45, 2.75) is 13.2 Å². The number of ether oxygens (including phenoxy) is 1. The van der Waals surface area contributed by atoms with Crippen molar-refractivity contribution in [1.29, 1.82) is 0 Å². The van der Waals surface area contributed by atoms with Crippen LogP contribution in [0.1, 0.15) is 15.9 Å². The van der Waals surface area contributed by atoms with Gasteiger partial charge in [-0.15, -0.1) is 0 Å². The molecule has 0 unspecified atom stereocenters.